The molecule has 0 spiro atoms. The number of benzene rings is 1. The highest BCUT2D eigenvalue weighted by molar-refractivity contribution is 5.89. The number of urea groups is 1. The summed E-state index contributed by atoms with van der Waals surface area (Å²) in [4.78, 5) is 16.5. The first-order valence-electron chi connectivity index (χ1n) is 8.86. The molecule has 5 heteroatoms. The van der Waals surface area contributed by atoms with E-state index in [9.17, 15) is 9.90 Å². The molecule has 2 amide bonds. The van der Waals surface area contributed by atoms with Crippen molar-refractivity contribution in [1.29, 1.82) is 0 Å². The maximum absolute atomic E-state index is 12.4. The lowest BCUT2D eigenvalue weighted by atomic mass is 9.87. The minimum absolute atomic E-state index is 0.0461. The van der Waals surface area contributed by atoms with Gasteiger partial charge in [0.05, 0.1) is 6.61 Å². The summed E-state index contributed by atoms with van der Waals surface area (Å²) in [5.41, 5.74) is 2.20. The minimum Gasteiger partial charge on any atom is -0.395 e. The number of nitrogens with one attached hydrogen (secondary N) is 1. The Hall–Kier alpha value is -1.59. The zero-order valence-electron chi connectivity index (χ0n) is 15.4. The van der Waals surface area contributed by atoms with Gasteiger partial charge in [-0.05, 0) is 29.5 Å². The number of hydrogen-bond acceptors (Lipinski definition) is 3. The molecule has 0 bridgehead atoms. The van der Waals surface area contributed by atoms with Crippen LogP contribution in [-0.2, 0) is 5.41 Å². The highest BCUT2D eigenvalue weighted by atomic mass is 16.3. The van der Waals surface area contributed by atoms with Crippen LogP contribution in [0.15, 0.2) is 24.3 Å². The predicted octanol–water partition coefficient (Wildman–Crippen LogP) is 2.90. The van der Waals surface area contributed by atoms with Crippen LogP contribution in [-0.4, -0.2) is 59.8 Å². The van der Waals surface area contributed by atoms with Crippen molar-refractivity contribution in [3.63, 3.8) is 0 Å². The number of amides is 2. The fourth-order valence-corrected chi connectivity index (χ4v) is 3.05. The molecule has 0 radical (unpaired) electrons. The van der Waals surface area contributed by atoms with E-state index in [2.05, 4.69) is 50.0 Å². The maximum atomic E-state index is 12.4. The molecule has 2 N–H and O–H groups in total. The zero-order chi connectivity index (χ0) is 17.7. The number of nitrogens with zero attached hydrogens (tertiary/aromatic N) is 2. The second kappa shape index (κ2) is 7.99. The smallest absolute Gasteiger partial charge is 0.321 e. The summed E-state index contributed by atoms with van der Waals surface area (Å²) in [6.07, 6.45) is 0.933. The third kappa shape index (κ3) is 4.71. The number of rotatable bonds is 4. The molecule has 5 nitrogen and oxygen atoms in total. The molecular weight excluding hydrogens is 302 g/mol. The van der Waals surface area contributed by atoms with Gasteiger partial charge in [0.2, 0.25) is 0 Å². The molecule has 1 unspecified atom stereocenters. The summed E-state index contributed by atoms with van der Waals surface area (Å²) >= 11 is 0. The van der Waals surface area contributed by atoms with Gasteiger partial charge in [0.1, 0.15) is 0 Å². The Morgan fingerprint density at radius 3 is 2.21 bits per heavy atom. The van der Waals surface area contributed by atoms with Crippen LogP contribution in [0.1, 0.15) is 39.7 Å². The number of aliphatic hydroxyl groups excluding tert-OH is 1. The van der Waals surface area contributed by atoms with E-state index in [1.54, 1.807) is 0 Å². The van der Waals surface area contributed by atoms with Crippen molar-refractivity contribution in [2.75, 3.05) is 38.1 Å². The van der Waals surface area contributed by atoms with Gasteiger partial charge in [0.15, 0.2) is 0 Å². The molecule has 1 atom stereocenters. The molecule has 1 fully saturated rings. The summed E-state index contributed by atoms with van der Waals surface area (Å²) < 4.78 is 0. The van der Waals surface area contributed by atoms with Gasteiger partial charge in [-0.1, -0.05) is 39.8 Å². The van der Waals surface area contributed by atoms with Crippen LogP contribution < -0.4 is 5.32 Å². The quantitative estimate of drug-likeness (QED) is 0.891. The third-order valence-corrected chi connectivity index (χ3v) is 4.80. The van der Waals surface area contributed by atoms with Gasteiger partial charge < -0.3 is 15.3 Å². The van der Waals surface area contributed by atoms with Crippen molar-refractivity contribution < 1.29 is 9.90 Å². The fraction of sp³-hybridized carbons (Fsp3) is 0.632. The predicted molar refractivity (Wildman–Crippen MR) is 98.5 cm³/mol. The lowest BCUT2D eigenvalue weighted by Crippen LogP contribution is -2.53. The summed E-state index contributed by atoms with van der Waals surface area (Å²) in [7, 11) is 0. The van der Waals surface area contributed by atoms with Crippen molar-refractivity contribution in [2.24, 2.45) is 0 Å². The van der Waals surface area contributed by atoms with Crippen LogP contribution in [0.25, 0.3) is 0 Å². The molecule has 0 saturated carbocycles. The van der Waals surface area contributed by atoms with Gasteiger partial charge in [-0.25, -0.2) is 4.79 Å². The summed E-state index contributed by atoms with van der Waals surface area (Å²) in [5, 5.41) is 12.4. The second-order valence-electron chi connectivity index (χ2n) is 7.53. The van der Waals surface area contributed by atoms with Gasteiger partial charge in [-0.3, -0.25) is 4.90 Å². The highest BCUT2D eigenvalue weighted by Gasteiger charge is 2.25. The molecule has 1 aromatic carbocycles. The lowest BCUT2D eigenvalue weighted by molar-refractivity contribution is 0.0766. The van der Waals surface area contributed by atoms with E-state index in [1.165, 1.54) is 5.56 Å². The summed E-state index contributed by atoms with van der Waals surface area (Å²) in [6, 6.07) is 8.23. The van der Waals surface area contributed by atoms with Crippen LogP contribution in [0.5, 0.6) is 0 Å². The van der Waals surface area contributed by atoms with Gasteiger partial charge in [-0.15, -0.1) is 0 Å². The Kier molecular flexibility index (Phi) is 6.24. The number of aliphatic hydroxyl groups is 1. The van der Waals surface area contributed by atoms with Crippen molar-refractivity contribution in [1.82, 2.24) is 9.80 Å². The Balaban J connectivity index is 1.87. The first-order chi connectivity index (χ1) is 11.3. The highest BCUT2D eigenvalue weighted by Crippen LogP contribution is 2.23. The van der Waals surface area contributed by atoms with E-state index < -0.39 is 0 Å². The summed E-state index contributed by atoms with van der Waals surface area (Å²) in [6.45, 7) is 11.8. The van der Waals surface area contributed by atoms with Crippen molar-refractivity contribution >= 4 is 11.7 Å². The Labute approximate surface area is 145 Å². The molecular formula is C19H31N3O2. The first-order valence-corrected chi connectivity index (χ1v) is 8.86. The fourth-order valence-electron chi connectivity index (χ4n) is 3.05. The van der Waals surface area contributed by atoms with Crippen LogP contribution in [0.2, 0.25) is 0 Å². The number of carbonyl (C=O) groups is 1. The van der Waals surface area contributed by atoms with Crippen molar-refractivity contribution in [3.8, 4) is 0 Å². The van der Waals surface area contributed by atoms with Crippen LogP contribution in [0, 0.1) is 0 Å². The topological polar surface area (TPSA) is 55.8 Å². The van der Waals surface area contributed by atoms with E-state index in [0.29, 0.717) is 13.1 Å². The number of carbonyl (C=O) groups excluding carboxylic acids is 1. The molecule has 24 heavy (non-hydrogen) atoms. The van der Waals surface area contributed by atoms with Gasteiger partial charge >= 0.3 is 6.03 Å². The molecule has 0 aromatic heterocycles. The normalized spacial score (nSPS) is 17.6. The maximum Gasteiger partial charge on any atom is 0.321 e. The summed E-state index contributed by atoms with van der Waals surface area (Å²) in [5.74, 6) is 0. The number of hydrogen-bond donors (Lipinski definition) is 2. The molecule has 1 saturated heterocycles. The average molecular weight is 333 g/mol. The van der Waals surface area contributed by atoms with Gasteiger partial charge in [0.25, 0.3) is 0 Å². The van der Waals surface area contributed by atoms with Gasteiger partial charge in [-0.2, -0.15) is 0 Å². The molecule has 1 heterocycles. The third-order valence-electron chi connectivity index (χ3n) is 4.80. The zero-order valence-corrected chi connectivity index (χ0v) is 15.4. The van der Waals surface area contributed by atoms with Crippen LogP contribution in [0.3, 0.4) is 0 Å². The van der Waals surface area contributed by atoms with E-state index in [0.717, 1.165) is 25.2 Å². The molecule has 0 aliphatic carbocycles. The monoisotopic (exact) mass is 333 g/mol. The molecule has 1 aromatic rings. The number of anilines is 1. The van der Waals surface area contributed by atoms with E-state index in [-0.39, 0.29) is 24.1 Å². The SMILES string of the molecule is CCC(CO)N1CCN(C(=O)Nc2ccc(C(C)(C)C)cc2)CC1. The van der Waals surface area contributed by atoms with E-state index in [1.807, 2.05) is 17.0 Å². The van der Waals surface area contributed by atoms with Crippen LogP contribution in [0.4, 0.5) is 10.5 Å². The standard InChI is InChI=1S/C19H31N3O2/c1-5-17(14-23)21-10-12-22(13-11-21)18(24)20-16-8-6-15(7-9-16)19(2,3)4/h6-9,17,23H,5,10-14H2,1-4H3,(H,20,24). The molecule has 134 valence electrons. The van der Waals surface area contributed by atoms with E-state index in [4.69, 9.17) is 0 Å². The van der Waals surface area contributed by atoms with Gasteiger partial charge in [0, 0.05) is 37.9 Å². The van der Waals surface area contributed by atoms with Crippen molar-refractivity contribution in [2.45, 2.75) is 45.6 Å². The van der Waals surface area contributed by atoms with Crippen molar-refractivity contribution in [3.05, 3.63) is 29.8 Å². The minimum atomic E-state index is -0.0461. The molecule has 1 aliphatic heterocycles. The average Bonchev–Trinajstić information content (AvgIpc) is 2.56. The second-order valence-corrected chi connectivity index (χ2v) is 7.53. The molecule has 1 aliphatic rings. The number of piperazine rings is 1. The first kappa shape index (κ1) is 18.7. The lowest BCUT2D eigenvalue weighted by Gasteiger charge is -2.38. The largest absolute Gasteiger partial charge is 0.395 e. The molecule has 2 rings (SSSR count). The van der Waals surface area contributed by atoms with Crippen LogP contribution >= 0.6 is 0 Å². The Morgan fingerprint density at radius 2 is 1.75 bits per heavy atom. The Bertz CT molecular complexity index is 525. The Morgan fingerprint density at radius 1 is 1.17 bits per heavy atom. The van der Waals surface area contributed by atoms with E-state index >= 15 is 0 Å².